The van der Waals surface area contributed by atoms with Crippen LogP contribution in [-0.4, -0.2) is 18.3 Å². The summed E-state index contributed by atoms with van der Waals surface area (Å²) in [7, 11) is 0. The minimum absolute atomic E-state index is 0.0453. The highest BCUT2D eigenvalue weighted by atomic mass is 19.3. The van der Waals surface area contributed by atoms with Gasteiger partial charge in [-0.2, -0.15) is 8.78 Å². The van der Waals surface area contributed by atoms with Crippen molar-refractivity contribution in [3.05, 3.63) is 101 Å². The molecule has 0 aliphatic carbocycles. The SMILES string of the molecule is O=C(NCc1ccc(OC(F)F)cc1)c1ccccc1C(=O)c1ccccc1. The topological polar surface area (TPSA) is 55.4 Å². The Balaban J connectivity index is 1.70. The summed E-state index contributed by atoms with van der Waals surface area (Å²) in [6.45, 7) is -2.70. The van der Waals surface area contributed by atoms with Gasteiger partial charge in [0.1, 0.15) is 5.75 Å². The third kappa shape index (κ3) is 4.79. The molecule has 0 aliphatic heterocycles. The smallest absolute Gasteiger partial charge is 0.387 e. The molecule has 3 rings (SSSR count). The molecule has 0 saturated carbocycles. The van der Waals surface area contributed by atoms with Crippen molar-refractivity contribution in [2.24, 2.45) is 0 Å². The van der Waals surface area contributed by atoms with Crippen molar-refractivity contribution in [3.8, 4) is 5.75 Å². The molecule has 0 spiro atoms. The van der Waals surface area contributed by atoms with Crippen LogP contribution in [0.2, 0.25) is 0 Å². The molecule has 142 valence electrons. The number of hydrogen-bond donors (Lipinski definition) is 1. The van der Waals surface area contributed by atoms with Crippen LogP contribution in [0.5, 0.6) is 5.75 Å². The molecular formula is C22H17F2NO3. The molecule has 4 nitrogen and oxygen atoms in total. The number of amides is 1. The first kappa shape index (κ1) is 19.2. The fourth-order valence-electron chi connectivity index (χ4n) is 2.69. The Morgan fingerprint density at radius 1 is 0.821 bits per heavy atom. The van der Waals surface area contributed by atoms with E-state index >= 15 is 0 Å². The lowest BCUT2D eigenvalue weighted by Gasteiger charge is -2.10. The van der Waals surface area contributed by atoms with E-state index in [1.807, 2.05) is 6.07 Å². The fourth-order valence-corrected chi connectivity index (χ4v) is 2.69. The van der Waals surface area contributed by atoms with E-state index in [-0.39, 0.29) is 23.6 Å². The second-order valence-electron chi connectivity index (χ2n) is 5.95. The van der Waals surface area contributed by atoms with Crippen molar-refractivity contribution in [2.75, 3.05) is 0 Å². The van der Waals surface area contributed by atoms with Crippen LogP contribution in [0.3, 0.4) is 0 Å². The Bertz CT molecular complexity index is 957. The average Bonchev–Trinajstić information content (AvgIpc) is 2.72. The van der Waals surface area contributed by atoms with E-state index < -0.39 is 12.5 Å². The molecule has 0 heterocycles. The standard InChI is InChI=1S/C22H17F2NO3/c23-22(24)28-17-12-10-15(11-13-17)14-25-21(27)19-9-5-4-8-18(19)20(26)16-6-2-1-3-7-16/h1-13,22H,14H2,(H,25,27). The number of ketones is 1. The van der Waals surface area contributed by atoms with Gasteiger partial charge in [-0.1, -0.05) is 60.7 Å². The summed E-state index contributed by atoms with van der Waals surface area (Å²) in [4.78, 5) is 25.3. The van der Waals surface area contributed by atoms with Crippen LogP contribution in [0, 0.1) is 0 Å². The molecule has 0 atom stereocenters. The Kier molecular flexibility index (Phi) is 6.11. The lowest BCUT2D eigenvalue weighted by atomic mass is 9.98. The van der Waals surface area contributed by atoms with E-state index in [2.05, 4.69) is 10.1 Å². The molecule has 0 bridgehead atoms. The number of carbonyl (C=O) groups is 2. The van der Waals surface area contributed by atoms with Crippen molar-refractivity contribution in [2.45, 2.75) is 13.2 Å². The van der Waals surface area contributed by atoms with Gasteiger partial charge in [-0.05, 0) is 23.8 Å². The summed E-state index contributed by atoms with van der Waals surface area (Å²) in [5.41, 5.74) is 1.79. The zero-order valence-electron chi connectivity index (χ0n) is 14.8. The van der Waals surface area contributed by atoms with Crippen LogP contribution in [0.15, 0.2) is 78.9 Å². The summed E-state index contributed by atoms with van der Waals surface area (Å²) in [6, 6.07) is 21.3. The third-order valence-corrected chi connectivity index (χ3v) is 4.05. The van der Waals surface area contributed by atoms with Gasteiger partial charge in [0.05, 0.1) is 5.56 Å². The van der Waals surface area contributed by atoms with E-state index in [0.717, 1.165) is 0 Å². The molecule has 1 N–H and O–H groups in total. The number of benzene rings is 3. The lowest BCUT2D eigenvalue weighted by Crippen LogP contribution is -2.25. The average molecular weight is 381 g/mol. The second kappa shape index (κ2) is 8.90. The van der Waals surface area contributed by atoms with Crippen molar-refractivity contribution in [1.29, 1.82) is 0 Å². The highest BCUT2D eigenvalue weighted by molar-refractivity contribution is 6.15. The molecule has 0 radical (unpaired) electrons. The van der Waals surface area contributed by atoms with Crippen molar-refractivity contribution in [3.63, 3.8) is 0 Å². The molecule has 0 aromatic heterocycles. The predicted molar refractivity (Wildman–Crippen MR) is 101 cm³/mol. The minimum Gasteiger partial charge on any atom is -0.435 e. The van der Waals surface area contributed by atoms with Gasteiger partial charge in [-0.15, -0.1) is 0 Å². The molecule has 0 fully saturated rings. The summed E-state index contributed by atoms with van der Waals surface area (Å²) < 4.78 is 28.7. The Labute approximate surface area is 160 Å². The zero-order valence-corrected chi connectivity index (χ0v) is 14.8. The largest absolute Gasteiger partial charge is 0.435 e. The predicted octanol–water partition coefficient (Wildman–Crippen LogP) is 4.45. The highest BCUT2D eigenvalue weighted by Gasteiger charge is 2.17. The minimum atomic E-state index is -2.88. The van der Waals surface area contributed by atoms with Crippen LogP contribution in [0.4, 0.5) is 8.78 Å². The molecule has 3 aromatic rings. The third-order valence-electron chi connectivity index (χ3n) is 4.05. The van der Waals surface area contributed by atoms with E-state index in [9.17, 15) is 18.4 Å². The van der Waals surface area contributed by atoms with Gasteiger partial charge in [0, 0.05) is 17.7 Å². The van der Waals surface area contributed by atoms with Crippen LogP contribution in [0.25, 0.3) is 0 Å². The summed E-state index contributed by atoms with van der Waals surface area (Å²) >= 11 is 0. The maximum absolute atomic E-state index is 12.7. The monoisotopic (exact) mass is 381 g/mol. The van der Waals surface area contributed by atoms with E-state index in [4.69, 9.17) is 0 Å². The molecule has 3 aromatic carbocycles. The first-order valence-electron chi connectivity index (χ1n) is 8.55. The van der Waals surface area contributed by atoms with E-state index in [1.54, 1.807) is 60.7 Å². The zero-order chi connectivity index (χ0) is 19.9. The quantitative estimate of drug-likeness (QED) is 0.615. The van der Waals surface area contributed by atoms with E-state index in [0.29, 0.717) is 16.7 Å². The molecular weight excluding hydrogens is 364 g/mol. The molecule has 1 amide bonds. The Morgan fingerprint density at radius 2 is 1.43 bits per heavy atom. The van der Waals surface area contributed by atoms with Gasteiger partial charge >= 0.3 is 6.61 Å². The second-order valence-corrected chi connectivity index (χ2v) is 5.95. The maximum atomic E-state index is 12.7. The first-order chi connectivity index (χ1) is 13.5. The molecule has 0 saturated heterocycles. The fraction of sp³-hybridized carbons (Fsp3) is 0.0909. The molecule has 6 heteroatoms. The van der Waals surface area contributed by atoms with Gasteiger partial charge in [0.25, 0.3) is 5.91 Å². The van der Waals surface area contributed by atoms with Gasteiger partial charge in [-0.3, -0.25) is 9.59 Å². The van der Waals surface area contributed by atoms with Crippen LogP contribution in [0.1, 0.15) is 31.8 Å². The summed E-state index contributed by atoms with van der Waals surface area (Å²) in [5.74, 6) is -0.587. The Hall–Kier alpha value is -3.54. The van der Waals surface area contributed by atoms with Crippen molar-refractivity contribution >= 4 is 11.7 Å². The van der Waals surface area contributed by atoms with Crippen molar-refractivity contribution in [1.82, 2.24) is 5.32 Å². The summed E-state index contributed by atoms with van der Waals surface area (Å²) in [5, 5.41) is 2.74. The summed E-state index contributed by atoms with van der Waals surface area (Å²) in [6.07, 6.45) is 0. The van der Waals surface area contributed by atoms with Gasteiger partial charge in [0.15, 0.2) is 5.78 Å². The number of nitrogens with one attached hydrogen (secondary N) is 1. The maximum Gasteiger partial charge on any atom is 0.387 e. The lowest BCUT2D eigenvalue weighted by molar-refractivity contribution is -0.0498. The normalized spacial score (nSPS) is 10.5. The van der Waals surface area contributed by atoms with Gasteiger partial charge in [-0.25, -0.2) is 0 Å². The van der Waals surface area contributed by atoms with Crippen LogP contribution >= 0.6 is 0 Å². The van der Waals surface area contributed by atoms with Crippen molar-refractivity contribution < 1.29 is 23.1 Å². The molecule has 28 heavy (non-hydrogen) atoms. The van der Waals surface area contributed by atoms with E-state index in [1.165, 1.54) is 12.1 Å². The Morgan fingerprint density at radius 3 is 2.07 bits per heavy atom. The number of ether oxygens (including phenoxy) is 1. The number of carbonyl (C=O) groups excluding carboxylic acids is 2. The molecule has 0 unspecified atom stereocenters. The highest BCUT2D eigenvalue weighted by Crippen LogP contribution is 2.17. The van der Waals surface area contributed by atoms with Crippen LogP contribution in [-0.2, 0) is 6.54 Å². The van der Waals surface area contributed by atoms with Crippen LogP contribution < -0.4 is 10.1 Å². The number of alkyl halides is 2. The van der Waals surface area contributed by atoms with Gasteiger partial charge < -0.3 is 10.1 Å². The number of rotatable bonds is 7. The van der Waals surface area contributed by atoms with Gasteiger partial charge in [0.2, 0.25) is 0 Å². The molecule has 0 aliphatic rings. The number of hydrogen-bond acceptors (Lipinski definition) is 3. The first-order valence-corrected chi connectivity index (χ1v) is 8.55. The number of halogens is 2.